The monoisotopic (exact) mass is 471 g/mol. The zero-order chi connectivity index (χ0) is 24.4. The van der Waals surface area contributed by atoms with Crippen LogP contribution in [0.2, 0.25) is 0 Å². The van der Waals surface area contributed by atoms with E-state index in [0.29, 0.717) is 30.1 Å². The topological polar surface area (TPSA) is 84.6 Å². The first-order valence-corrected chi connectivity index (χ1v) is 11.3. The predicted molar refractivity (Wildman–Crippen MR) is 131 cm³/mol. The van der Waals surface area contributed by atoms with Crippen LogP contribution in [0.25, 0.3) is 0 Å². The largest absolute Gasteiger partial charge is 0.467 e. The van der Waals surface area contributed by atoms with E-state index in [4.69, 9.17) is 13.9 Å². The highest BCUT2D eigenvalue weighted by Crippen LogP contribution is 2.43. The molecule has 1 unspecified atom stereocenters. The van der Waals surface area contributed by atoms with Crippen LogP contribution in [-0.2, 0) is 27.2 Å². The fourth-order valence-electron chi connectivity index (χ4n) is 4.58. The van der Waals surface area contributed by atoms with Crippen LogP contribution in [-0.4, -0.2) is 38.2 Å². The summed E-state index contributed by atoms with van der Waals surface area (Å²) in [5, 5.41) is 0. The lowest BCUT2D eigenvalue weighted by atomic mass is 9.96. The molecule has 2 aromatic carbocycles. The maximum absolute atomic E-state index is 12.8. The molecule has 8 nitrogen and oxygen atoms in total. The van der Waals surface area contributed by atoms with Gasteiger partial charge in [-0.25, -0.2) is 14.6 Å². The fourth-order valence-corrected chi connectivity index (χ4v) is 4.58. The van der Waals surface area contributed by atoms with Crippen molar-refractivity contribution in [3.63, 3.8) is 0 Å². The Bertz CT molecular complexity index is 1300. The highest BCUT2D eigenvalue weighted by atomic mass is 16.5. The Hall–Kier alpha value is -4.33. The molecule has 0 bridgehead atoms. The molecule has 0 saturated carbocycles. The van der Waals surface area contributed by atoms with Crippen LogP contribution in [0.3, 0.4) is 0 Å². The van der Waals surface area contributed by atoms with Gasteiger partial charge in [0.15, 0.2) is 0 Å². The van der Waals surface area contributed by atoms with Gasteiger partial charge in [-0.15, -0.1) is 0 Å². The van der Waals surface area contributed by atoms with Crippen molar-refractivity contribution in [1.29, 1.82) is 0 Å². The second-order valence-electron chi connectivity index (χ2n) is 8.28. The van der Waals surface area contributed by atoms with Crippen molar-refractivity contribution in [1.82, 2.24) is 0 Å². The lowest BCUT2D eigenvalue weighted by Gasteiger charge is -2.34. The van der Waals surface area contributed by atoms with Gasteiger partial charge < -0.3 is 23.7 Å². The molecular formula is C27H25N3O5. The number of anilines is 2. The Labute approximate surface area is 203 Å². The molecule has 8 heteroatoms. The molecule has 5 rings (SSSR count). The van der Waals surface area contributed by atoms with Gasteiger partial charge in [-0.1, -0.05) is 30.3 Å². The molecule has 0 aliphatic carbocycles. The molecule has 0 radical (unpaired) electrons. The van der Waals surface area contributed by atoms with E-state index in [-0.39, 0.29) is 6.04 Å². The normalized spacial score (nSPS) is 16.2. The summed E-state index contributed by atoms with van der Waals surface area (Å²) in [7, 11) is 2.72. The first-order chi connectivity index (χ1) is 17.1. The van der Waals surface area contributed by atoms with Crippen LogP contribution >= 0.6 is 0 Å². The molecule has 35 heavy (non-hydrogen) atoms. The number of guanidine groups is 1. The highest BCUT2D eigenvalue weighted by molar-refractivity contribution is 6.19. The maximum atomic E-state index is 12.8. The zero-order valence-corrected chi connectivity index (χ0v) is 19.5. The van der Waals surface area contributed by atoms with Gasteiger partial charge in [0.25, 0.3) is 0 Å². The van der Waals surface area contributed by atoms with Gasteiger partial charge in [0.1, 0.15) is 5.76 Å². The number of rotatable bonds is 7. The van der Waals surface area contributed by atoms with Gasteiger partial charge in [0, 0.05) is 6.20 Å². The van der Waals surface area contributed by atoms with Gasteiger partial charge in [0.05, 0.1) is 55.6 Å². The average molecular weight is 472 g/mol. The van der Waals surface area contributed by atoms with Gasteiger partial charge in [-0.2, -0.15) is 0 Å². The molecule has 1 atom stereocenters. The summed E-state index contributed by atoms with van der Waals surface area (Å²) < 4.78 is 15.6. The number of ether oxygens (including phenoxy) is 2. The van der Waals surface area contributed by atoms with Gasteiger partial charge in [0.2, 0.25) is 5.96 Å². The Kier molecular flexibility index (Phi) is 6.10. The second-order valence-corrected chi connectivity index (χ2v) is 8.28. The minimum atomic E-state index is -0.433. The van der Waals surface area contributed by atoms with E-state index >= 15 is 0 Å². The number of esters is 2. The van der Waals surface area contributed by atoms with Crippen LogP contribution in [0.15, 0.2) is 88.1 Å². The van der Waals surface area contributed by atoms with E-state index in [1.54, 1.807) is 24.6 Å². The van der Waals surface area contributed by atoms with Crippen molar-refractivity contribution < 1.29 is 23.5 Å². The van der Waals surface area contributed by atoms with E-state index in [9.17, 15) is 9.59 Å². The Morgan fingerprint density at radius 1 is 0.971 bits per heavy atom. The van der Waals surface area contributed by atoms with Crippen LogP contribution in [0.5, 0.6) is 0 Å². The van der Waals surface area contributed by atoms with Gasteiger partial charge in [-0.05, 0) is 48.7 Å². The lowest BCUT2D eigenvalue weighted by Crippen LogP contribution is -2.48. The molecule has 1 aromatic heterocycles. The summed E-state index contributed by atoms with van der Waals surface area (Å²) >= 11 is 0. The molecule has 2 aliphatic heterocycles. The average Bonchev–Trinajstić information content (AvgIpc) is 3.53. The lowest BCUT2D eigenvalue weighted by molar-refractivity contribution is -0.136. The Balaban J connectivity index is 1.59. The summed E-state index contributed by atoms with van der Waals surface area (Å²) in [6.07, 6.45) is 4.61. The number of aliphatic imine (C=N–C) groups is 1. The third-order valence-electron chi connectivity index (χ3n) is 6.26. The standard InChI is InChI=1S/C27H25N3O5/c1-33-25(31)19-11-13-23-24(15-19)30-22(12-10-18-7-4-3-5-8-18)21(26(32)34-2)16-28-27(30)29(23)17-20-9-6-14-35-20/h3-9,11,13-16,22H,10,12,17H2,1-2H3. The number of carbonyl (C=O) groups is 2. The number of nitrogens with zero attached hydrogens (tertiary/aromatic N) is 3. The third kappa shape index (κ3) is 4.19. The van der Waals surface area contributed by atoms with Crippen molar-refractivity contribution >= 4 is 29.3 Å². The summed E-state index contributed by atoms with van der Waals surface area (Å²) in [6, 6.07) is 18.9. The number of fused-ring (bicyclic) bond motifs is 3. The second kappa shape index (κ2) is 9.50. The predicted octanol–water partition coefficient (Wildman–Crippen LogP) is 4.32. The van der Waals surface area contributed by atoms with Crippen molar-refractivity contribution in [2.24, 2.45) is 4.99 Å². The highest BCUT2D eigenvalue weighted by Gasteiger charge is 2.42. The molecule has 3 aromatic rings. The molecule has 3 heterocycles. The van der Waals surface area contributed by atoms with Crippen molar-refractivity contribution in [3.05, 3.63) is 95.6 Å². The van der Waals surface area contributed by atoms with E-state index in [1.165, 1.54) is 14.2 Å². The van der Waals surface area contributed by atoms with E-state index in [0.717, 1.165) is 29.1 Å². The quantitative estimate of drug-likeness (QED) is 0.475. The minimum absolute atomic E-state index is 0.344. The first kappa shape index (κ1) is 22.5. The summed E-state index contributed by atoms with van der Waals surface area (Å²) in [4.78, 5) is 33.8. The number of methoxy groups -OCH3 is 2. The minimum Gasteiger partial charge on any atom is -0.467 e. The van der Waals surface area contributed by atoms with Crippen LogP contribution < -0.4 is 9.80 Å². The smallest absolute Gasteiger partial charge is 0.337 e. The van der Waals surface area contributed by atoms with E-state index in [2.05, 4.69) is 17.1 Å². The molecule has 0 saturated heterocycles. The molecule has 2 aliphatic rings. The fraction of sp³-hybridized carbons (Fsp3) is 0.222. The maximum Gasteiger partial charge on any atom is 0.337 e. The van der Waals surface area contributed by atoms with Crippen molar-refractivity contribution in [2.45, 2.75) is 25.4 Å². The summed E-state index contributed by atoms with van der Waals surface area (Å²) in [5.41, 5.74) is 3.67. The molecule has 0 N–H and O–H groups in total. The number of hydrogen-bond acceptors (Lipinski definition) is 8. The molecule has 0 fully saturated rings. The van der Waals surface area contributed by atoms with Crippen molar-refractivity contribution in [2.75, 3.05) is 24.0 Å². The van der Waals surface area contributed by atoms with Crippen LogP contribution in [0.4, 0.5) is 11.4 Å². The zero-order valence-electron chi connectivity index (χ0n) is 19.5. The van der Waals surface area contributed by atoms with Crippen LogP contribution in [0, 0.1) is 0 Å². The molecule has 0 amide bonds. The number of furan rings is 1. The van der Waals surface area contributed by atoms with Gasteiger partial charge >= 0.3 is 11.9 Å². The van der Waals surface area contributed by atoms with Crippen molar-refractivity contribution in [3.8, 4) is 0 Å². The molecule has 0 spiro atoms. The number of benzene rings is 2. The third-order valence-corrected chi connectivity index (χ3v) is 6.26. The van der Waals surface area contributed by atoms with Crippen LogP contribution in [0.1, 0.15) is 28.1 Å². The Morgan fingerprint density at radius 2 is 1.77 bits per heavy atom. The Morgan fingerprint density at radius 3 is 2.49 bits per heavy atom. The first-order valence-electron chi connectivity index (χ1n) is 11.3. The van der Waals surface area contributed by atoms with E-state index in [1.807, 2.05) is 46.2 Å². The number of hydrogen-bond donors (Lipinski definition) is 0. The SMILES string of the molecule is COC(=O)C1=CN=C2N(Cc3ccco3)c3ccc(C(=O)OC)cc3N2C1CCc1ccccc1. The van der Waals surface area contributed by atoms with Gasteiger partial charge in [-0.3, -0.25) is 0 Å². The van der Waals surface area contributed by atoms with E-state index < -0.39 is 11.9 Å². The molecule has 178 valence electrons. The summed E-state index contributed by atoms with van der Waals surface area (Å²) in [6.45, 7) is 0.444. The number of carbonyl (C=O) groups excluding carboxylic acids is 2. The number of aryl methyl sites for hydroxylation is 1. The summed E-state index contributed by atoms with van der Waals surface area (Å²) in [5.74, 6) is 0.559. The molecular weight excluding hydrogens is 446 g/mol.